The zero-order valence-corrected chi connectivity index (χ0v) is 19.0. The number of ether oxygens (including phenoxy) is 2. The number of rotatable bonds is 5. The van der Waals surface area contributed by atoms with Crippen molar-refractivity contribution in [3.63, 3.8) is 0 Å². The maximum atomic E-state index is 6.30. The molecule has 33 heavy (non-hydrogen) atoms. The molecule has 2 aliphatic heterocycles. The molecule has 2 saturated heterocycles. The topological polar surface area (TPSA) is 89.1 Å². The Morgan fingerprint density at radius 3 is 2.67 bits per heavy atom. The molecule has 1 spiro atoms. The van der Waals surface area contributed by atoms with Crippen molar-refractivity contribution in [3.05, 3.63) is 59.5 Å². The van der Waals surface area contributed by atoms with Crippen LogP contribution < -0.4 is 9.64 Å². The second kappa shape index (κ2) is 7.52. The quantitative estimate of drug-likeness (QED) is 0.499. The van der Waals surface area contributed by atoms with Gasteiger partial charge in [0.2, 0.25) is 0 Å². The molecule has 6 rings (SSSR count). The first-order valence-corrected chi connectivity index (χ1v) is 11.2. The van der Waals surface area contributed by atoms with Gasteiger partial charge in [-0.25, -0.2) is 4.98 Å². The number of aromatic nitrogens is 5. The predicted molar refractivity (Wildman–Crippen MR) is 125 cm³/mol. The van der Waals surface area contributed by atoms with Gasteiger partial charge in [-0.1, -0.05) is 0 Å². The van der Waals surface area contributed by atoms with Crippen LogP contribution in [0.4, 0.5) is 5.82 Å². The Morgan fingerprint density at radius 2 is 1.97 bits per heavy atom. The number of aryl methyl sites for hydroxylation is 2. The van der Waals surface area contributed by atoms with Crippen LogP contribution in [-0.4, -0.2) is 51.7 Å². The van der Waals surface area contributed by atoms with Crippen LogP contribution in [0.2, 0.25) is 0 Å². The highest BCUT2D eigenvalue weighted by molar-refractivity contribution is 5.93. The summed E-state index contributed by atoms with van der Waals surface area (Å²) in [6.07, 6.45) is 3.53. The first kappa shape index (κ1) is 20.1. The molecule has 2 fully saturated rings. The molecule has 5 heterocycles. The Labute approximate surface area is 192 Å². The van der Waals surface area contributed by atoms with Crippen LogP contribution in [0.15, 0.2) is 42.7 Å². The lowest BCUT2D eigenvalue weighted by Gasteiger charge is -2.55. The Kier molecular flexibility index (Phi) is 4.58. The minimum atomic E-state index is -0.143. The van der Waals surface area contributed by atoms with Crippen molar-refractivity contribution >= 4 is 16.7 Å². The van der Waals surface area contributed by atoms with Crippen LogP contribution >= 0.6 is 0 Å². The fraction of sp³-hybridized carbons (Fsp3) is 0.360. The second-order valence-electron chi connectivity index (χ2n) is 9.32. The maximum Gasteiger partial charge on any atom is 0.128 e. The standard InChI is InChI=1S/C25H26N6O2/c1-15-9-27-28-16(2)23(15)17(3)33-19-5-6-21-20(8-19)24(30-29-21)18-4-7-22(26-10-18)31-11-25(12-31)13-32-14-25/h4-10,17H,11-14H2,1-3H3,(H,29,30). The SMILES string of the molecule is Cc1cnnc(C)c1C(C)Oc1ccc2[nH]nc(-c3ccc(N4CC5(COC5)C4)nc3)c2c1. The molecule has 168 valence electrons. The Morgan fingerprint density at radius 1 is 1.12 bits per heavy atom. The molecule has 0 amide bonds. The van der Waals surface area contributed by atoms with E-state index >= 15 is 0 Å². The van der Waals surface area contributed by atoms with E-state index in [1.165, 1.54) is 0 Å². The maximum absolute atomic E-state index is 6.30. The molecule has 3 aromatic heterocycles. The third kappa shape index (κ3) is 3.41. The largest absolute Gasteiger partial charge is 0.486 e. The van der Waals surface area contributed by atoms with Crippen LogP contribution in [-0.2, 0) is 4.74 Å². The van der Waals surface area contributed by atoms with Gasteiger partial charge in [-0.3, -0.25) is 5.10 Å². The first-order valence-electron chi connectivity index (χ1n) is 11.2. The molecule has 1 aromatic carbocycles. The number of hydrogen-bond donors (Lipinski definition) is 1. The molecule has 4 aromatic rings. The van der Waals surface area contributed by atoms with Gasteiger partial charge >= 0.3 is 0 Å². The molecule has 1 atom stereocenters. The Balaban J connectivity index is 1.24. The molecule has 0 aliphatic carbocycles. The average Bonchev–Trinajstić information content (AvgIpc) is 3.15. The smallest absolute Gasteiger partial charge is 0.128 e. The molecule has 8 nitrogen and oxygen atoms in total. The number of anilines is 1. The summed E-state index contributed by atoms with van der Waals surface area (Å²) in [7, 11) is 0. The van der Waals surface area contributed by atoms with E-state index in [-0.39, 0.29) is 6.10 Å². The van der Waals surface area contributed by atoms with Gasteiger partial charge in [-0.05, 0) is 56.7 Å². The van der Waals surface area contributed by atoms with E-state index in [0.29, 0.717) is 5.41 Å². The summed E-state index contributed by atoms with van der Waals surface area (Å²) in [6, 6.07) is 10.2. The fourth-order valence-corrected chi connectivity index (χ4v) is 4.99. The summed E-state index contributed by atoms with van der Waals surface area (Å²) in [5, 5.41) is 16.9. The molecule has 8 heteroatoms. The lowest BCUT2D eigenvalue weighted by Crippen LogP contribution is -2.66. The Bertz CT molecular complexity index is 1300. The number of benzene rings is 1. The molecule has 2 aliphatic rings. The van der Waals surface area contributed by atoms with Gasteiger partial charge in [0.25, 0.3) is 0 Å². The van der Waals surface area contributed by atoms with Crippen molar-refractivity contribution in [2.75, 3.05) is 31.2 Å². The highest BCUT2D eigenvalue weighted by Gasteiger charge is 2.49. The Hall–Kier alpha value is -3.52. The van der Waals surface area contributed by atoms with E-state index < -0.39 is 0 Å². The van der Waals surface area contributed by atoms with Crippen molar-refractivity contribution in [2.24, 2.45) is 5.41 Å². The van der Waals surface area contributed by atoms with Crippen LogP contribution in [0, 0.1) is 19.3 Å². The predicted octanol–water partition coefficient (Wildman–Crippen LogP) is 4.01. The highest BCUT2D eigenvalue weighted by atomic mass is 16.5. The van der Waals surface area contributed by atoms with Crippen LogP contribution in [0.3, 0.4) is 0 Å². The monoisotopic (exact) mass is 442 g/mol. The van der Waals surface area contributed by atoms with Gasteiger partial charge in [-0.15, -0.1) is 0 Å². The normalized spacial score (nSPS) is 17.6. The van der Waals surface area contributed by atoms with Crippen molar-refractivity contribution in [2.45, 2.75) is 26.9 Å². The van der Waals surface area contributed by atoms with Crippen molar-refractivity contribution in [1.82, 2.24) is 25.4 Å². The minimum Gasteiger partial charge on any atom is -0.486 e. The van der Waals surface area contributed by atoms with Gasteiger partial charge in [0.1, 0.15) is 23.4 Å². The molecular formula is C25H26N6O2. The fourth-order valence-electron chi connectivity index (χ4n) is 4.99. The van der Waals surface area contributed by atoms with Gasteiger partial charge in [0.15, 0.2) is 0 Å². The zero-order chi connectivity index (χ0) is 22.6. The number of aromatic amines is 1. The first-order chi connectivity index (χ1) is 16.0. The summed E-state index contributed by atoms with van der Waals surface area (Å²) >= 11 is 0. The van der Waals surface area contributed by atoms with E-state index in [0.717, 1.165) is 76.9 Å². The van der Waals surface area contributed by atoms with Crippen LogP contribution in [0.1, 0.15) is 29.8 Å². The van der Waals surface area contributed by atoms with Crippen LogP contribution in [0.25, 0.3) is 22.2 Å². The zero-order valence-electron chi connectivity index (χ0n) is 19.0. The number of nitrogens with one attached hydrogen (secondary N) is 1. The lowest BCUT2D eigenvalue weighted by molar-refractivity contribution is -0.127. The molecule has 1 N–H and O–H groups in total. The average molecular weight is 443 g/mol. The molecule has 0 bridgehead atoms. The summed E-state index contributed by atoms with van der Waals surface area (Å²) < 4.78 is 11.7. The van der Waals surface area contributed by atoms with Gasteiger partial charge in [0, 0.05) is 35.8 Å². The van der Waals surface area contributed by atoms with E-state index in [1.54, 1.807) is 6.20 Å². The van der Waals surface area contributed by atoms with Crippen molar-refractivity contribution in [3.8, 4) is 17.0 Å². The van der Waals surface area contributed by atoms with Gasteiger partial charge < -0.3 is 14.4 Å². The summed E-state index contributed by atoms with van der Waals surface area (Å²) in [5.74, 6) is 1.79. The van der Waals surface area contributed by atoms with Gasteiger partial charge in [0.05, 0.1) is 36.0 Å². The summed E-state index contributed by atoms with van der Waals surface area (Å²) in [5.41, 5.74) is 6.20. The second-order valence-corrected chi connectivity index (χ2v) is 9.32. The van der Waals surface area contributed by atoms with Crippen molar-refractivity contribution in [1.29, 1.82) is 0 Å². The number of pyridine rings is 1. The highest BCUT2D eigenvalue weighted by Crippen LogP contribution is 2.40. The number of hydrogen-bond acceptors (Lipinski definition) is 7. The number of fused-ring (bicyclic) bond motifs is 1. The molecular weight excluding hydrogens is 416 g/mol. The van der Waals surface area contributed by atoms with Crippen molar-refractivity contribution < 1.29 is 9.47 Å². The lowest BCUT2D eigenvalue weighted by atomic mass is 9.78. The van der Waals surface area contributed by atoms with E-state index in [2.05, 4.69) is 37.4 Å². The molecule has 0 saturated carbocycles. The third-order valence-corrected chi connectivity index (χ3v) is 6.74. The van der Waals surface area contributed by atoms with Gasteiger partial charge in [-0.2, -0.15) is 15.3 Å². The summed E-state index contributed by atoms with van der Waals surface area (Å²) in [4.78, 5) is 7.01. The molecule has 0 radical (unpaired) electrons. The van der Waals surface area contributed by atoms with E-state index in [4.69, 9.17) is 14.5 Å². The minimum absolute atomic E-state index is 0.143. The third-order valence-electron chi connectivity index (χ3n) is 6.74. The van der Waals surface area contributed by atoms with E-state index in [1.807, 2.05) is 45.2 Å². The summed E-state index contributed by atoms with van der Waals surface area (Å²) in [6.45, 7) is 9.83. The number of nitrogens with zero attached hydrogens (tertiary/aromatic N) is 5. The molecule has 1 unspecified atom stereocenters. The van der Waals surface area contributed by atoms with Crippen LogP contribution in [0.5, 0.6) is 5.75 Å². The van der Waals surface area contributed by atoms with E-state index in [9.17, 15) is 0 Å². The number of H-pyrrole nitrogens is 1.